The third kappa shape index (κ3) is 2.71. The van der Waals surface area contributed by atoms with Crippen LogP contribution in [0.1, 0.15) is 37.3 Å². The zero-order valence-electron chi connectivity index (χ0n) is 11.3. The molecule has 1 atom stereocenters. The van der Waals surface area contributed by atoms with Crippen molar-refractivity contribution in [3.8, 4) is 11.1 Å². The molecule has 3 rings (SSSR count). The molecule has 19 heavy (non-hydrogen) atoms. The highest BCUT2D eigenvalue weighted by Crippen LogP contribution is 2.34. The van der Waals surface area contributed by atoms with E-state index < -0.39 is 0 Å². The second-order valence-corrected chi connectivity index (χ2v) is 5.56. The Bertz CT molecular complexity index is 509. The van der Waals surface area contributed by atoms with E-state index in [1.165, 1.54) is 42.4 Å². The van der Waals surface area contributed by atoms with Gasteiger partial charge >= 0.3 is 0 Å². The van der Waals surface area contributed by atoms with Gasteiger partial charge in [-0.15, -0.1) is 0 Å². The quantitative estimate of drug-likeness (QED) is 0.851. The summed E-state index contributed by atoms with van der Waals surface area (Å²) in [6.07, 6.45) is 5.28. The van der Waals surface area contributed by atoms with Crippen molar-refractivity contribution >= 4 is 0 Å². The predicted molar refractivity (Wildman–Crippen MR) is 80.8 cm³/mol. The fourth-order valence-electron chi connectivity index (χ4n) is 3.12. The molecule has 0 saturated heterocycles. The lowest BCUT2D eigenvalue weighted by molar-refractivity contribution is 0.445. The monoisotopic (exact) mass is 251 g/mol. The highest BCUT2D eigenvalue weighted by molar-refractivity contribution is 5.63. The third-order valence-electron chi connectivity index (χ3n) is 4.31. The van der Waals surface area contributed by atoms with E-state index >= 15 is 0 Å². The molecular formula is C18H21N. The van der Waals surface area contributed by atoms with Crippen molar-refractivity contribution in [1.82, 2.24) is 0 Å². The first-order valence-corrected chi connectivity index (χ1v) is 7.25. The smallest absolute Gasteiger partial charge is 0.0323 e. The summed E-state index contributed by atoms with van der Waals surface area (Å²) in [6.45, 7) is 0. The average molecular weight is 251 g/mol. The van der Waals surface area contributed by atoms with Crippen LogP contribution in [0.2, 0.25) is 0 Å². The minimum atomic E-state index is 0.215. The highest BCUT2D eigenvalue weighted by Gasteiger charge is 2.22. The van der Waals surface area contributed by atoms with Crippen LogP contribution in [-0.2, 0) is 0 Å². The predicted octanol–water partition coefficient (Wildman–Crippen LogP) is 4.54. The zero-order chi connectivity index (χ0) is 13.1. The van der Waals surface area contributed by atoms with Gasteiger partial charge < -0.3 is 5.73 Å². The van der Waals surface area contributed by atoms with Crippen LogP contribution in [0.15, 0.2) is 54.6 Å². The molecule has 1 aliphatic rings. The van der Waals surface area contributed by atoms with Crippen molar-refractivity contribution in [2.45, 2.75) is 31.7 Å². The summed E-state index contributed by atoms with van der Waals surface area (Å²) in [4.78, 5) is 0. The molecule has 0 aliphatic heterocycles. The molecule has 2 N–H and O–H groups in total. The Morgan fingerprint density at radius 2 is 1.37 bits per heavy atom. The molecule has 2 aromatic rings. The van der Waals surface area contributed by atoms with E-state index in [-0.39, 0.29) is 6.04 Å². The number of rotatable bonds is 3. The maximum Gasteiger partial charge on any atom is 0.0323 e. The summed E-state index contributed by atoms with van der Waals surface area (Å²) in [5.74, 6) is 0.683. The molecule has 0 spiro atoms. The summed E-state index contributed by atoms with van der Waals surface area (Å²) in [7, 11) is 0. The van der Waals surface area contributed by atoms with Gasteiger partial charge in [0.2, 0.25) is 0 Å². The molecule has 0 radical (unpaired) electrons. The average Bonchev–Trinajstić information content (AvgIpc) is 3.02. The largest absolute Gasteiger partial charge is 0.324 e. The van der Waals surface area contributed by atoms with Crippen molar-refractivity contribution in [2.75, 3.05) is 0 Å². The molecule has 0 heterocycles. The van der Waals surface area contributed by atoms with Crippen LogP contribution in [0.25, 0.3) is 11.1 Å². The molecule has 98 valence electrons. The molecule has 0 amide bonds. The first kappa shape index (κ1) is 12.4. The van der Waals surface area contributed by atoms with E-state index in [1.807, 2.05) is 6.07 Å². The lowest BCUT2D eigenvalue weighted by atomic mass is 9.91. The minimum Gasteiger partial charge on any atom is -0.324 e. The van der Waals surface area contributed by atoms with Gasteiger partial charge in [-0.1, -0.05) is 67.4 Å². The summed E-state index contributed by atoms with van der Waals surface area (Å²) in [5, 5.41) is 0. The molecule has 0 unspecified atom stereocenters. The van der Waals surface area contributed by atoms with Gasteiger partial charge in [0.1, 0.15) is 0 Å². The Morgan fingerprint density at radius 3 is 2.00 bits per heavy atom. The van der Waals surface area contributed by atoms with Crippen LogP contribution in [0.5, 0.6) is 0 Å². The maximum absolute atomic E-state index is 6.39. The van der Waals surface area contributed by atoms with Gasteiger partial charge in [0, 0.05) is 6.04 Å². The van der Waals surface area contributed by atoms with Crippen LogP contribution in [0.4, 0.5) is 0 Å². The summed E-state index contributed by atoms with van der Waals surface area (Å²) in [6, 6.07) is 19.5. The van der Waals surface area contributed by atoms with Crippen LogP contribution in [0.3, 0.4) is 0 Å². The van der Waals surface area contributed by atoms with Crippen molar-refractivity contribution in [3.63, 3.8) is 0 Å². The van der Waals surface area contributed by atoms with Gasteiger partial charge in [-0.2, -0.15) is 0 Å². The number of hydrogen-bond donors (Lipinski definition) is 1. The summed E-state index contributed by atoms with van der Waals surface area (Å²) in [5.41, 5.74) is 10.2. The Labute approximate surface area is 115 Å². The Morgan fingerprint density at radius 1 is 0.789 bits per heavy atom. The minimum absolute atomic E-state index is 0.215. The van der Waals surface area contributed by atoms with Crippen LogP contribution in [0, 0.1) is 5.92 Å². The van der Waals surface area contributed by atoms with Crippen molar-refractivity contribution in [2.24, 2.45) is 11.7 Å². The van der Waals surface area contributed by atoms with Gasteiger partial charge in [0.25, 0.3) is 0 Å². The lowest BCUT2D eigenvalue weighted by Gasteiger charge is -2.19. The SMILES string of the molecule is N[C@H](c1ccc(-c2ccccc2)cc1)C1CCCC1. The van der Waals surface area contributed by atoms with Crippen LogP contribution < -0.4 is 5.73 Å². The van der Waals surface area contributed by atoms with Gasteiger partial charge in [0.05, 0.1) is 0 Å². The summed E-state index contributed by atoms with van der Waals surface area (Å²) >= 11 is 0. The maximum atomic E-state index is 6.39. The second kappa shape index (κ2) is 5.58. The Kier molecular flexibility index (Phi) is 3.65. The molecule has 1 aliphatic carbocycles. The fraction of sp³-hybridized carbons (Fsp3) is 0.333. The van der Waals surface area contributed by atoms with Crippen LogP contribution in [-0.4, -0.2) is 0 Å². The van der Waals surface area contributed by atoms with Crippen LogP contribution >= 0.6 is 0 Å². The zero-order valence-corrected chi connectivity index (χ0v) is 11.3. The number of hydrogen-bond acceptors (Lipinski definition) is 1. The van der Waals surface area contributed by atoms with E-state index in [4.69, 9.17) is 5.73 Å². The number of nitrogens with two attached hydrogens (primary N) is 1. The van der Waals surface area contributed by atoms with Gasteiger partial charge in [0.15, 0.2) is 0 Å². The fourth-order valence-corrected chi connectivity index (χ4v) is 3.12. The molecule has 2 aromatic carbocycles. The van der Waals surface area contributed by atoms with Gasteiger partial charge in [-0.25, -0.2) is 0 Å². The van der Waals surface area contributed by atoms with Crippen molar-refractivity contribution in [3.05, 3.63) is 60.2 Å². The van der Waals surface area contributed by atoms with E-state index in [1.54, 1.807) is 0 Å². The second-order valence-electron chi connectivity index (χ2n) is 5.56. The number of benzene rings is 2. The van der Waals surface area contributed by atoms with E-state index in [0.717, 1.165) is 0 Å². The van der Waals surface area contributed by atoms with Crippen molar-refractivity contribution < 1.29 is 0 Å². The molecular weight excluding hydrogens is 230 g/mol. The molecule has 1 fully saturated rings. The summed E-state index contributed by atoms with van der Waals surface area (Å²) < 4.78 is 0. The normalized spacial score (nSPS) is 17.5. The first-order valence-electron chi connectivity index (χ1n) is 7.25. The van der Waals surface area contributed by atoms with E-state index in [2.05, 4.69) is 48.5 Å². The Hall–Kier alpha value is -1.60. The topological polar surface area (TPSA) is 26.0 Å². The molecule has 0 bridgehead atoms. The third-order valence-corrected chi connectivity index (χ3v) is 4.31. The van der Waals surface area contributed by atoms with Gasteiger partial charge in [-0.3, -0.25) is 0 Å². The molecule has 1 saturated carbocycles. The molecule has 0 aromatic heterocycles. The molecule has 1 heteroatoms. The molecule has 1 nitrogen and oxygen atoms in total. The standard InChI is InChI=1S/C18H21N/c19-18(16-8-4-5-9-16)17-12-10-15(11-13-17)14-6-2-1-3-7-14/h1-3,6-7,10-13,16,18H,4-5,8-9,19H2/t18-/m0/s1. The highest BCUT2D eigenvalue weighted by atomic mass is 14.7. The van der Waals surface area contributed by atoms with E-state index in [0.29, 0.717) is 5.92 Å². The van der Waals surface area contributed by atoms with E-state index in [9.17, 15) is 0 Å². The first-order chi connectivity index (χ1) is 9.34. The van der Waals surface area contributed by atoms with Gasteiger partial charge in [-0.05, 0) is 35.4 Å². The lowest BCUT2D eigenvalue weighted by Crippen LogP contribution is -2.18. The Balaban J connectivity index is 1.79. The van der Waals surface area contributed by atoms with Crippen molar-refractivity contribution in [1.29, 1.82) is 0 Å².